The number of carboxylic acid groups (broad SMARTS) is 1. The zero-order valence-electron chi connectivity index (χ0n) is 19.7. The molecule has 4 rings (SSSR count). The van der Waals surface area contributed by atoms with E-state index >= 15 is 0 Å². The monoisotopic (exact) mass is 464 g/mol. The van der Waals surface area contributed by atoms with Gasteiger partial charge in [-0.1, -0.05) is 61.9 Å². The van der Waals surface area contributed by atoms with Gasteiger partial charge in [0.25, 0.3) is 0 Å². The summed E-state index contributed by atoms with van der Waals surface area (Å²) >= 11 is 0. The van der Waals surface area contributed by atoms with Crippen LogP contribution in [0.2, 0.25) is 0 Å². The number of rotatable bonds is 10. The first-order chi connectivity index (χ1) is 16.4. The number of carboxylic acids is 1. The summed E-state index contributed by atoms with van der Waals surface area (Å²) in [6.45, 7) is 3.72. The van der Waals surface area contributed by atoms with Gasteiger partial charge in [-0.15, -0.1) is 0 Å². The molecule has 2 amide bonds. The highest BCUT2D eigenvalue weighted by Crippen LogP contribution is 2.44. The van der Waals surface area contributed by atoms with Crippen LogP contribution in [0.3, 0.4) is 0 Å². The van der Waals surface area contributed by atoms with Gasteiger partial charge in [-0.3, -0.25) is 4.79 Å². The Bertz CT molecular complexity index is 1020. The van der Waals surface area contributed by atoms with Crippen LogP contribution < -0.4 is 5.32 Å². The van der Waals surface area contributed by atoms with Crippen molar-refractivity contribution in [2.45, 2.75) is 70.0 Å². The molecule has 2 N–H and O–H groups in total. The van der Waals surface area contributed by atoms with Gasteiger partial charge in [0.05, 0.1) is 0 Å². The molecule has 1 saturated carbocycles. The second-order valence-electron chi connectivity index (χ2n) is 9.21. The molecule has 0 heterocycles. The summed E-state index contributed by atoms with van der Waals surface area (Å²) in [7, 11) is 0. The van der Waals surface area contributed by atoms with Gasteiger partial charge < -0.3 is 20.1 Å². The lowest BCUT2D eigenvalue weighted by Gasteiger charge is -2.28. The number of carbonyl (C=O) groups is 3. The van der Waals surface area contributed by atoms with Crippen LogP contribution in [-0.4, -0.2) is 52.7 Å². The Morgan fingerprint density at radius 3 is 2.18 bits per heavy atom. The number of fused-ring (bicyclic) bond motifs is 3. The number of nitrogens with zero attached hydrogens (tertiary/aromatic N) is 1. The van der Waals surface area contributed by atoms with Crippen molar-refractivity contribution in [3.63, 3.8) is 0 Å². The normalized spacial score (nSPS) is 16.2. The second kappa shape index (κ2) is 10.3. The number of hydrogen-bond acceptors (Lipinski definition) is 4. The fourth-order valence-corrected chi connectivity index (χ4v) is 4.90. The maximum atomic E-state index is 12.9. The van der Waals surface area contributed by atoms with Crippen molar-refractivity contribution in [1.82, 2.24) is 10.2 Å². The van der Waals surface area contributed by atoms with E-state index in [1.54, 1.807) is 0 Å². The summed E-state index contributed by atoms with van der Waals surface area (Å²) in [6.07, 6.45) is 2.53. The molecule has 0 radical (unpaired) electrons. The van der Waals surface area contributed by atoms with Crippen molar-refractivity contribution in [2.24, 2.45) is 0 Å². The van der Waals surface area contributed by atoms with Gasteiger partial charge in [0.1, 0.15) is 12.6 Å². The number of benzene rings is 2. The molecule has 0 aliphatic heterocycles. The lowest BCUT2D eigenvalue weighted by molar-refractivity contribution is -0.150. The van der Waals surface area contributed by atoms with Gasteiger partial charge in [-0.25, -0.2) is 9.59 Å². The maximum absolute atomic E-state index is 12.9. The Morgan fingerprint density at radius 1 is 1.06 bits per heavy atom. The summed E-state index contributed by atoms with van der Waals surface area (Å²) in [5.41, 5.74) is 4.60. The van der Waals surface area contributed by atoms with Crippen LogP contribution in [0.1, 0.15) is 63.0 Å². The van der Waals surface area contributed by atoms with Crippen LogP contribution in [0.4, 0.5) is 4.79 Å². The summed E-state index contributed by atoms with van der Waals surface area (Å²) in [5.74, 6) is -1.29. The molecule has 0 spiro atoms. The lowest BCUT2D eigenvalue weighted by Crippen LogP contribution is -2.47. The van der Waals surface area contributed by atoms with Crippen molar-refractivity contribution < 1.29 is 24.2 Å². The highest BCUT2D eigenvalue weighted by molar-refractivity contribution is 5.85. The summed E-state index contributed by atoms with van der Waals surface area (Å²) < 4.78 is 5.63. The van der Waals surface area contributed by atoms with E-state index in [4.69, 9.17) is 4.74 Å². The highest BCUT2D eigenvalue weighted by Gasteiger charge is 2.39. The number of aliphatic carboxylic acids is 1. The molecule has 7 nitrogen and oxygen atoms in total. The largest absolute Gasteiger partial charge is 0.480 e. The second-order valence-corrected chi connectivity index (χ2v) is 9.21. The van der Waals surface area contributed by atoms with Gasteiger partial charge in [-0.2, -0.15) is 0 Å². The zero-order chi connectivity index (χ0) is 24.2. The van der Waals surface area contributed by atoms with Crippen LogP contribution in [0, 0.1) is 0 Å². The van der Waals surface area contributed by atoms with E-state index in [1.807, 2.05) is 31.2 Å². The van der Waals surface area contributed by atoms with Crippen molar-refractivity contribution >= 4 is 18.0 Å². The van der Waals surface area contributed by atoms with E-state index in [0.29, 0.717) is 6.42 Å². The standard InChI is InChI=1S/C27H32N2O5/c1-3-8-18(15-25(30)29(19-13-14-19)17(2)26(31)32)28-27(33)34-16-24-22-11-6-4-9-20(22)21-10-5-7-12-23(21)24/h4-7,9-12,17-19,24H,3,8,13-16H2,1-2H3,(H,28,33)(H,31,32)/t17?,18-/m1/s1. The molecular formula is C27H32N2O5. The van der Waals surface area contributed by atoms with Gasteiger partial charge in [0.2, 0.25) is 5.91 Å². The molecule has 0 bridgehead atoms. The third-order valence-corrected chi connectivity index (χ3v) is 6.73. The molecule has 180 valence electrons. The molecule has 1 fully saturated rings. The number of hydrogen-bond donors (Lipinski definition) is 2. The van der Waals surface area contributed by atoms with E-state index in [1.165, 1.54) is 11.8 Å². The van der Waals surface area contributed by atoms with Crippen LogP contribution >= 0.6 is 0 Å². The average Bonchev–Trinajstić information content (AvgIpc) is 3.59. The zero-order valence-corrected chi connectivity index (χ0v) is 19.7. The minimum absolute atomic E-state index is 0.0182. The fourth-order valence-electron chi connectivity index (χ4n) is 4.90. The number of nitrogens with one attached hydrogen (secondary N) is 1. The van der Waals surface area contributed by atoms with Gasteiger partial charge in [0.15, 0.2) is 0 Å². The summed E-state index contributed by atoms with van der Waals surface area (Å²) in [5, 5.41) is 12.2. The predicted octanol–water partition coefficient (Wildman–Crippen LogP) is 4.55. The smallest absolute Gasteiger partial charge is 0.407 e. The summed E-state index contributed by atoms with van der Waals surface area (Å²) in [6, 6.07) is 15.0. The van der Waals surface area contributed by atoms with E-state index in [-0.39, 0.29) is 30.9 Å². The van der Waals surface area contributed by atoms with Gasteiger partial charge >= 0.3 is 12.1 Å². The molecule has 2 aliphatic rings. The molecule has 2 aromatic carbocycles. The Hall–Kier alpha value is -3.35. The number of carbonyl (C=O) groups excluding carboxylic acids is 2. The molecule has 2 atom stereocenters. The molecule has 34 heavy (non-hydrogen) atoms. The Morgan fingerprint density at radius 2 is 1.65 bits per heavy atom. The summed E-state index contributed by atoms with van der Waals surface area (Å²) in [4.78, 5) is 38.6. The van der Waals surface area contributed by atoms with Crippen LogP contribution in [0.5, 0.6) is 0 Å². The van der Waals surface area contributed by atoms with Gasteiger partial charge in [0, 0.05) is 24.4 Å². The number of alkyl carbamates (subject to hydrolysis) is 1. The quantitative estimate of drug-likeness (QED) is 0.538. The van der Waals surface area contributed by atoms with Crippen LogP contribution in [0.25, 0.3) is 11.1 Å². The molecule has 0 aromatic heterocycles. The minimum atomic E-state index is -1.02. The molecule has 2 aliphatic carbocycles. The molecule has 0 saturated heterocycles. The third-order valence-electron chi connectivity index (χ3n) is 6.73. The van der Waals surface area contributed by atoms with E-state index in [0.717, 1.165) is 41.5 Å². The van der Waals surface area contributed by atoms with E-state index in [2.05, 4.69) is 29.6 Å². The highest BCUT2D eigenvalue weighted by atomic mass is 16.5. The van der Waals surface area contributed by atoms with Crippen molar-refractivity contribution in [3.05, 3.63) is 59.7 Å². The van der Waals surface area contributed by atoms with Crippen LogP contribution in [0.15, 0.2) is 48.5 Å². The molecule has 2 aromatic rings. The first kappa shape index (κ1) is 23.8. The first-order valence-electron chi connectivity index (χ1n) is 12.1. The molecule has 1 unspecified atom stereocenters. The average molecular weight is 465 g/mol. The Kier molecular flexibility index (Phi) is 7.20. The van der Waals surface area contributed by atoms with E-state index in [9.17, 15) is 19.5 Å². The molecular weight excluding hydrogens is 432 g/mol. The predicted molar refractivity (Wildman–Crippen MR) is 128 cm³/mol. The third kappa shape index (κ3) is 5.08. The molecule has 7 heteroatoms. The number of ether oxygens (including phenoxy) is 1. The Balaban J connectivity index is 1.38. The van der Waals surface area contributed by atoms with Gasteiger partial charge in [-0.05, 0) is 48.4 Å². The Labute approximate surface area is 200 Å². The maximum Gasteiger partial charge on any atom is 0.407 e. The van der Waals surface area contributed by atoms with E-state index < -0.39 is 24.1 Å². The lowest BCUT2D eigenvalue weighted by atomic mass is 9.98. The van der Waals surface area contributed by atoms with Crippen molar-refractivity contribution in [2.75, 3.05) is 6.61 Å². The number of amides is 2. The van der Waals surface area contributed by atoms with Crippen molar-refractivity contribution in [1.29, 1.82) is 0 Å². The minimum Gasteiger partial charge on any atom is -0.480 e. The topological polar surface area (TPSA) is 95.9 Å². The first-order valence-corrected chi connectivity index (χ1v) is 12.1. The SMILES string of the molecule is CCC[C@H](CC(=O)N(C1CC1)C(C)C(=O)O)NC(=O)OCC1c2ccccc2-c2ccccc21. The fraction of sp³-hybridized carbons (Fsp3) is 0.444. The van der Waals surface area contributed by atoms with Crippen LogP contribution in [-0.2, 0) is 14.3 Å². The van der Waals surface area contributed by atoms with Crippen molar-refractivity contribution in [3.8, 4) is 11.1 Å².